The molecule has 0 unspecified atom stereocenters. The number of aryl methyl sites for hydroxylation is 1. The van der Waals surface area contributed by atoms with E-state index in [1.54, 1.807) is 18.2 Å². The number of hydrogen-bond donors (Lipinski definition) is 3. The zero-order valence-electron chi connectivity index (χ0n) is 14.9. The van der Waals surface area contributed by atoms with Crippen molar-refractivity contribution in [2.24, 2.45) is 5.41 Å². The third kappa shape index (κ3) is 4.79. The Morgan fingerprint density at radius 3 is 2.32 bits per heavy atom. The van der Waals surface area contributed by atoms with Gasteiger partial charge in [-0.05, 0) is 37.5 Å². The normalized spacial score (nSPS) is 20.2. The number of ether oxygens (including phenoxy) is 1. The fraction of sp³-hybridized carbons (Fsp3) is 0.500. The summed E-state index contributed by atoms with van der Waals surface area (Å²) >= 11 is 0. The van der Waals surface area contributed by atoms with Crippen LogP contribution in [0, 0.1) is 12.3 Å². The second kappa shape index (κ2) is 7.23. The summed E-state index contributed by atoms with van der Waals surface area (Å²) in [6.07, 6.45) is -1.04. The Bertz CT molecular complexity index is 693. The van der Waals surface area contributed by atoms with Crippen molar-refractivity contribution in [2.75, 3.05) is 10.6 Å². The fourth-order valence-corrected chi connectivity index (χ4v) is 2.38. The van der Waals surface area contributed by atoms with Crippen LogP contribution in [0.25, 0.3) is 0 Å². The molecule has 136 valence electrons. The van der Waals surface area contributed by atoms with Gasteiger partial charge in [-0.2, -0.15) is 0 Å². The van der Waals surface area contributed by atoms with Crippen LogP contribution in [-0.2, 0) is 19.1 Å². The smallest absolute Gasteiger partial charge is 0.332 e. The molecule has 0 bridgehead atoms. The number of carbonyl (C=O) groups is 3. The van der Waals surface area contributed by atoms with Gasteiger partial charge >= 0.3 is 5.97 Å². The molecule has 0 spiro atoms. The van der Waals surface area contributed by atoms with E-state index in [2.05, 4.69) is 10.6 Å². The van der Waals surface area contributed by atoms with Crippen molar-refractivity contribution in [1.29, 1.82) is 0 Å². The highest BCUT2D eigenvalue weighted by Crippen LogP contribution is 2.25. The average Bonchev–Trinajstić information content (AvgIpc) is 3.00. The first-order valence-electron chi connectivity index (χ1n) is 8.19. The maximum atomic E-state index is 12.3. The van der Waals surface area contributed by atoms with Gasteiger partial charge in [-0.25, -0.2) is 4.79 Å². The molecule has 3 N–H and O–H groups in total. The molecule has 2 atom stereocenters. The number of benzene rings is 1. The van der Waals surface area contributed by atoms with E-state index >= 15 is 0 Å². The lowest BCUT2D eigenvalue weighted by atomic mass is 9.95. The summed E-state index contributed by atoms with van der Waals surface area (Å²) in [5.74, 6) is -1.57. The number of aliphatic carboxylic acids is 1. The van der Waals surface area contributed by atoms with E-state index in [1.165, 1.54) is 0 Å². The second-order valence-electron chi connectivity index (χ2n) is 7.25. The Morgan fingerprint density at radius 2 is 1.76 bits per heavy atom. The summed E-state index contributed by atoms with van der Waals surface area (Å²) in [4.78, 5) is 35.3. The maximum absolute atomic E-state index is 12.3. The van der Waals surface area contributed by atoms with E-state index < -0.39 is 23.6 Å². The second-order valence-corrected chi connectivity index (χ2v) is 7.25. The summed E-state index contributed by atoms with van der Waals surface area (Å²) < 4.78 is 5.25. The van der Waals surface area contributed by atoms with Crippen LogP contribution >= 0.6 is 0 Å². The van der Waals surface area contributed by atoms with E-state index in [9.17, 15) is 14.4 Å². The van der Waals surface area contributed by atoms with Crippen molar-refractivity contribution in [3.63, 3.8) is 0 Å². The number of carboxylic acids is 1. The van der Waals surface area contributed by atoms with Gasteiger partial charge < -0.3 is 20.5 Å². The van der Waals surface area contributed by atoms with Crippen LogP contribution in [0.15, 0.2) is 18.2 Å². The van der Waals surface area contributed by atoms with Crippen LogP contribution in [-0.4, -0.2) is 35.1 Å². The van der Waals surface area contributed by atoms with E-state index in [1.807, 2.05) is 27.7 Å². The van der Waals surface area contributed by atoms with Gasteiger partial charge in [0.05, 0.1) is 0 Å². The summed E-state index contributed by atoms with van der Waals surface area (Å²) in [5, 5.41) is 14.5. The van der Waals surface area contributed by atoms with Gasteiger partial charge in [0.1, 0.15) is 6.10 Å². The van der Waals surface area contributed by atoms with Gasteiger partial charge in [0.25, 0.3) is 5.91 Å². The molecule has 7 heteroatoms. The van der Waals surface area contributed by atoms with Gasteiger partial charge in [0.2, 0.25) is 5.91 Å². The number of hydrogen-bond acceptors (Lipinski definition) is 4. The molecule has 2 rings (SSSR count). The third-order valence-corrected chi connectivity index (χ3v) is 4.02. The molecule has 25 heavy (non-hydrogen) atoms. The molecule has 1 fully saturated rings. The zero-order valence-corrected chi connectivity index (χ0v) is 14.9. The number of anilines is 2. The number of nitrogens with one attached hydrogen (secondary N) is 2. The van der Waals surface area contributed by atoms with E-state index in [4.69, 9.17) is 9.84 Å². The van der Waals surface area contributed by atoms with Crippen LogP contribution < -0.4 is 10.6 Å². The average molecular weight is 348 g/mol. The van der Waals surface area contributed by atoms with Crippen LogP contribution in [0.3, 0.4) is 0 Å². The highest BCUT2D eigenvalue weighted by molar-refractivity contribution is 5.98. The lowest BCUT2D eigenvalue weighted by molar-refractivity contribution is -0.150. The van der Waals surface area contributed by atoms with Gasteiger partial charge in [-0.1, -0.05) is 26.8 Å². The molecule has 1 aromatic rings. The molecule has 0 aliphatic carbocycles. The van der Waals surface area contributed by atoms with Gasteiger partial charge in [0.15, 0.2) is 6.10 Å². The largest absolute Gasteiger partial charge is 0.479 e. The van der Waals surface area contributed by atoms with Crippen molar-refractivity contribution in [1.82, 2.24) is 0 Å². The SMILES string of the molecule is Cc1ccc(NC(=O)C(C)(C)C)cc1NC(=O)[C@@H]1CC[C@H](C(=O)O)O1. The minimum atomic E-state index is -1.06. The molecule has 1 heterocycles. The molecule has 0 aromatic heterocycles. The summed E-state index contributed by atoms with van der Waals surface area (Å²) in [7, 11) is 0. The summed E-state index contributed by atoms with van der Waals surface area (Å²) in [6.45, 7) is 7.28. The fourth-order valence-electron chi connectivity index (χ4n) is 2.38. The summed E-state index contributed by atoms with van der Waals surface area (Å²) in [6, 6.07) is 5.24. The minimum Gasteiger partial charge on any atom is -0.479 e. The molecule has 1 saturated heterocycles. The molecule has 2 amide bonds. The highest BCUT2D eigenvalue weighted by Gasteiger charge is 2.34. The Balaban J connectivity index is 2.07. The van der Waals surface area contributed by atoms with Crippen LogP contribution in [0.2, 0.25) is 0 Å². The van der Waals surface area contributed by atoms with Crippen LogP contribution in [0.5, 0.6) is 0 Å². The van der Waals surface area contributed by atoms with E-state index in [-0.39, 0.29) is 11.8 Å². The van der Waals surface area contributed by atoms with Crippen LogP contribution in [0.1, 0.15) is 39.2 Å². The molecule has 7 nitrogen and oxygen atoms in total. The molecule has 0 radical (unpaired) electrons. The van der Waals surface area contributed by atoms with E-state index in [0.29, 0.717) is 24.2 Å². The van der Waals surface area contributed by atoms with Crippen molar-refractivity contribution < 1.29 is 24.2 Å². The molecular formula is C18H24N2O5. The molecular weight excluding hydrogens is 324 g/mol. The maximum Gasteiger partial charge on any atom is 0.332 e. The molecule has 1 aliphatic heterocycles. The molecule has 0 saturated carbocycles. The lowest BCUT2D eigenvalue weighted by Gasteiger charge is -2.19. The quantitative estimate of drug-likeness (QED) is 0.775. The Hall–Kier alpha value is -2.41. The highest BCUT2D eigenvalue weighted by atomic mass is 16.5. The Morgan fingerprint density at radius 1 is 1.12 bits per heavy atom. The Kier molecular flexibility index (Phi) is 5.47. The first-order chi connectivity index (χ1) is 11.6. The zero-order chi connectivity index (χ0) is 18.8. The minimum absolute atomic E-state index is 0.128. The number of amides is 2. The van der Waals surface area contributed by atoms with Crippen molar-refractivity contribution in [2.45, 2.75) is 52.7 Å². The number of rotatable bonds is 4. The topological polar surface area (TPSA) is 105 Å². The first-order valence-corrected chi connectivity index (χ1v) is 8.19. The lowest BCUT2D eigenvalue weighted by Crippen LogP contribution is -2.30. The predicted molar refractivity (Wildman–Crippen MR) is 93.4 cm³/mol. The molecule has 1 aromatic carbocycles. The van der Waals surface area contributed by atoms with Gasteiger partial charge in [-0.15, -0.1) is 0 Å². The van der Waals surface area contributed by atoms with Crippen molar-refractivity contribution in [3.05, 3.63) is 23.8 Å². The third-order valence-electron chi connectivity index (χ3n) is 4.02. The first kappa shape index (κ1) is 18.9. The van der Waals surface area contributed by atoms with Gasteiger partial charge in [-0.3, -0.25) is 9.59 Å². The standard InChI is InChI=1S/C18H24N2O5/c1-10-5-6-11(19-17(24)18(2,3)4)9-12(10)20-15(21)13-7-8-14(25-13)16(22)23/h5-6,9,13-14H,7-8H2,1-4H3,(H,19,24)(H,20,21)(H,22,23)/t13-,14+/m0/s1. The van der Waals surface area contributed by atoms with Crippen molar-refractivity contribution in [3.8, 4) is 0 Å². The monoisotopic (exact) mass is 348 g/mol. The molecule has 1 aliphatic rings. The number of carbonyl (C=O) groups excluding carboxylic acids is 2. The van der Waals surface area contributed by atoms with Gasteiger partial charge in [0, 0.05) is 16.8 Å². The number of carboxylic acid groups (broad SMARTS) is 1. The van der Waals surface area contributed by atoms with Crippen molar-refractivity contribution >= 4 is 29.2 Å². The Labute approximate surface area is 146 Å². The summed E-state index contributed by atoms with van der Waals surface area (Å²) in [5.41, 5.74) is 1.43. The van der Waals surface area contributed by atoms with E-state index in [0.717, 1.165) is 5.56 Å². The predicted octanol–water partition coefficient (Wildman–Crippen LogP) is 2.55. The van der Waals surface area contributed by atoms with Crippen LogP contribution in [0.4, 0.5) is 11.4 Å².